The van der Waals surface area contributed by atoms with E-state index in [1.807, 2.05) is 53.9 Å². The molecule has 4 aromatic rings. The van der Waals surface area contributed by atoms with Crippen LogP contribution in [0.25, 0.3) is 21.8 Å². The van der Waals surface area contributed by atoms with Gasteiger partial charge in [0.25, 0.3) is 11.8 Å². The molecule has 2 heterocycles. The van der Waals surface area contributed by atoms with Gasteiger partial charge in [-0.15, -0.1) is 11.3 Å². The molecular formula is C23H14N2O2S. The second kappa shape index (κ2) is 6.55. The van der Waals surface area contributed by atoms with E-state index in [9.17, 15) is 9.59 Å². The molecule has 0 fully saturated rings. The Bertz CT molecular complexity index is 1180. The van der Waals surface area contributed by atoms with Gasteiger partial charge in [0.1, 0.15) is 5.01 Å². The van der Waals surface area contributed by atoms with Crippen LogP contribution >= 0.6 is 11.3 Å². The fraction of sp³-hybridized carbons (Fsp3) is 0. The van der Waals surface area contributed by atoms with Crippen molar-refractivity contribution in [1.82, 2.24) is 4.98 Å². The minimum absolute atomic E-state index is 0.291. The lowest BCUT2D eigenvalue weighted by Gasteiger charge is -2.14. The first kappa shape index (κ1) is 16.6. The number of fused-ring (bicyclic) bond motifs is 1. The number of amides is 2. The van der Waals surface area contributed by atoms with Crippen LogP contribution < -0.4 is 4.90 Å². The van der Waals surface area contributed by atoms with Gasteiger partial charge in [-0.25, -0.2) is 9.88 Å². The number of imide groups is 1. The van der Waals surface area contributed by atoms with Gasteiger partial charge in [0.15, 0.2) is 0 Å². The Morgan fingerprint density at radius 1 is 0.714 bits per heavy atom. The van der Waals surface area contributed by atoms with Crippen molar-refractivity contribution in [2.75, 3.05) is 4.90 Å². The summed E-state index contributed by atoms with van der Waals surface area (Å²) in [6.45, 7) is 0. The minimum Gasteiger partial charge on any atom is -0.268 e. The molecule has 1 aliphatic rings. The fourth-order valence-electron chi connectivity index (χ4n) is 3.35. The van der Waals surface area contributed by atoms with E-state index in [4.69, 9.17) is 4.98 Å². The van der Waals surface area contributed by atoms with Gasteiger partial charge in [-0.3, -0.25) is 9.59 Å². The van der Waals surface area contributed by atoms with Crippen molar-refractivity contribution in [2.45, 2.75) is 0 Å². The van der Waals surface area contributed by atoms with Gasteiger partial charge in [-0.05, 0) is 24.3 Å². The van der Waals surface area contributed by atoms with E-state index >= 15 is 0 Å². The molecule has 5 heteroatoms. The molecule has 0 unspecified atom stereocenters. The Kier molecular flexibility index (Phi) is 3.88. The molecule has 0 saturated carbocycles. The summed E-state index contributed by atoms with van der Waals surface area (Å²) in [5, 5.41) is 2.92. The highest BCUT2D eigenvalue weighted by Crippen LogP contribution is 2.33. The molecule has 0 atom stereocenters. The molecule has 5 rings (SSSR count). The Hall–Kier alpha value is -3.57. The Morgan fingerprint density at radius 3 is 2.07 bits per heavy atom. The normalized spacial score (nSPS) is 13.1. The van der Waals surface area contributed by atoms with E-state index in [0.717, 1.165) is 21.8 Å². The second-order valence-electron chi connectivity index (χ2n) is 6.45. The summed E-state index contributed by atoms with van der Waals surface area (Å²) >= 11 is 1.57. The largest absolute Gasteiger partial charge is 0.268 e. The third-order valence-corrected chi connectivity index (χ3v) is 5.61. The van der Waals surface area contributed by atoms with Crippen molar-refractivity contribution in [1.29, 1.82) is 0 Å². The number of anilines is 1. The van der Waals surface area contributed by atoms with Gasteiger partial charge in [0.05, 0.1) is 22.5 Å². The summed E-state index contributed by atoms with van der Waals surface area (Å²) in [6, 6.07) is 24.3. The number of rotatable bonds is 3. The van der Waals surface area contributed by atoms with Crippen molar-refractivity contribution >= 4 is 28.8 Å². The number of hydrogen-bond acceptors (Lipinski definition) is 4. The van der Waals surface area contributed by atoms with Crippen molar-refractivity contribution in [3.05, 3.63) is 95.4 Å². The van der Waals surface area contributed by atoms with Crippen LogP contribution in [0, 0.1) is 0 Å². The van der Waals surface area contributed by atoms with E-state index in [1.54, 1.807) is 41.7 Å². The predicted octanol–water partition coefficient (Wildman–Crippen LogP) is 5.28. The van der Waals surface area contributed by atoms with E-state index in [2.05, 4.69) is 0 Å². The van der Waals surface area contributed by atoms with E-state index in [1.165, 1.54) is 4.90 Å². The molecule has 0 aliphatic carbocycles. The number of nitrogens with zero attached hydrogens (tertiary/aromatic N) is 2. The third-order valence-electron chi connectivity index (χ3n) is 4.72. The molecule has 134 valence electrons. The Balaban J connectivity index is 1.51. The molecule has 0 saturated heterocycles. The monoisotopic (exact) mass is 382 g/mol. The number of carbonyl (C=O) groups is 2. The van der Waals surface area contributed by atoms with E-state index < -0.39 is 0 Å². The number of hydrogen-bond donors (Lipinski definition) is 0. The molecule has 1 aromatic heterocycles. The molecule has 0 bridgehead atoms. The fourth-order valence-corrected chi connectivity index (χ4v) is 4.18. The molecule has 2 amide bonds. The van der Waals surface area contributed by atoms with E-state index in [-0.39, 0.29) is 11.8 Å². The average molecular weight is 382 g/mol. The summed E-state index contributed by atoms with van der Waals surface area (Å²) in [6.07, 6.45) is 0. The van der Waals surface area contributed by atoms with Crippen LogP contribution in [0.2, 0.25) is 0 Å². The van der Waals surface area contributed by atoms with Crippen molar-refractivity contribution < 1.29 is 9.59 Å². The number of carbonyl (C=O) groups excluding carboxylic acids is 2. The summed E-state index contributed by atoms with van der Waals surface area (Å²) in [7, 11) is 0. The molecule has 0 N–H and O–H groups in total. The third kappa shape index (κ3) is 2.64. The van der Waals surface area contributed by atoms with Gasteiger partial charge in [0, 0.05) is 16.5 Å². The lowest BCUT2D eigenvalue weighted by molar-refractivity contribution is 0.0926. The van der Waals surface area contributed by atoms with Crippen molar-refractivity contribution in [3.8, 4) is 21.8 Å². The van der Waals surface area contributed by atoms with E-state index in [0.29, 0.717) is 16.8 Å². The number of benzene rings is 3. The smallest absolute Gasteiger partial charge is 0.266 e. The first-order valence-corrected chi connectivity index (χ1v) is 9.69. The number of aromatic nitrogens is 1. The molecule has 0 radical (unpaired) electrons. The minimum atomic E-state index is -0.291. The average Bonchev–Trinajstić information content (AvgIpc) is 3.33. The number of thiazole rings is 1. The zero-order valence-corrected chi connectivity index (χ0v) is 15.5. The standard InChI is InChI=1S/C23H14N2O2S/c26-22-18-11-4-5-12-19(18)23(27)25(22)17-10-6-9-16(13-17)20-14-28-21(24-20)15-7-2-1-3-8-15/h1-14H. The summed E-state index contributed by atoms with van der Waals surface area (Å²) in [4.78, 5) is 31.4. The van der Waals surface area contributed by atoms with Crippen molar-refractivity contribution in [3.63, 3.8) is 0 Å². The maximum Gasteiger partial charge on any atom is 0.266 e. The van der Waals surface area contributed by atoms with Crippen LogP contribution in [-0.2, 0) is 0 Å². The van der Waals surface area contributed by atoms with Crippen LogP contribution in [-0.4, -0.2) is 16.8 Å². The zero-order chi connectivity index (χ0) is 19.1. The van der Waals surface area contributed by atoms with Gasteiger partial charge in [-0.2, -0.15) is 0 Å². The summed E-state index contributed by atoms with van der Waals surface area (Å²) < 4.78 is 0. The molecule has 0 spiro atoms. The van der Waals surface area contributed by atoms with Gasteiger partial charge in [0.2, 0.25) is 0 Å². The molecular weight excluding hydrogens is 368 g/mol. The zero-order valence-electron chi connectivity index (χ0n) is 14.7. The molecule has 3 aromatic carbocycles. The first-order chi connectivity index (χ1) is 13.7. The maximum atomic E-state index is 12.7. The highest BCUT2D eigenvalue weighted by atomic mass is 32.1. The summed E-state index contributed by atoms with van der Waals surface area (Å²) in [5.74, 6) is -0.581. The Morgan fingerprint density at radius 2 is 1.36 bits per heavy atom. The summed E-state index contributed by atoms with van der Waals surface area (Å²) in [5.41, 5.74) is 4.19. The lowest BCUT2D eigenvalue weighted by Crippen LogP contribution is -2.29. The SMILES string of the molecule is O=C1c2ccccc2C(=O)N1c1cccc(-c2csc(-c3ccccc3)n2)c1. The van der Waals surface area contributed by atoms with Gasteiger partial charge < -0.3 is 0 Å². The van der Waals surface area contributed by atoms with Crippen molar-refractivity contribution in [2.24, 2.45) is 0 Å². The maximum absolute atomic E-state index is 12.7. The van der Waals surface area contributed by atoms with Crippen LogP contribution in [0.4, 0.5) is 5.69 Å². The highest BCUT2D eigenvalue weighted by molar-refractivity contribution is 7.13. The topological polar surface area (TPSA) is 50.3 Å². The quantitative estimate of drug-likeness (QED) is 0.453. The molecule has 28 heavy (non-hydrogen) atoms. The van der Waals surface area contributed by atoms with Crippen LogP contribution in [0.5, 0.6) is 0 Å². The van der Waals surface area contributed by atoms with Gasteiger partial charge in [-0.1, -0.05) is 54.6 Å². The molecule has 1 aliphatic heterocycles. The highest BCUT2D eigenvalue weighted by Gasteiger charge is 2.36. The second-order valence-corrected chi connectivity index (χ2v) is 7.30. The molecule has 4 nitrogen and oxygen atoms in total. The lowest BCUT2D eigenvalue weighted by atomic mass is 10.1. The van der Waals surface area contributed by atoms with Crippen LogP contribution in [0.3, 0.4) is 0 Å². The first-order valence-electron chi connectivity index (χ1n) is 8.81. The van der Waals surface area contributed by atoms with Crippen LogP contribution in [0.1, 0.15) is 20.7 Å². The van der Waals surface area contributed by atoms with Crippen LogP contribution in [0.15, 0.2) is 84.2 Å². The van der Waals surface area contributed by atoms with Gasteiger partial charge >= 0.3 is 0 Å². The predicted molar refractivity (Wildman–Crippen MR) is 111 cm³/mol. The Labute approximate surface area is 165 Å².